The Bertz CT molecular complexity index is 811. The van der Waals surface area contributed by atoms with Crippen LogP contribution in [0.2, 0.25) is 0 Å². The minimum Gasteiger partial charge on any atom is -0.356 e. The van der Waals surface area contributed by atoms with Gasteiger partial charge in [-0.3, -0.25) is 4.79 Å². The van der Waals surface area contributed by atoms with E-state index in [4.69, 9.17) is 4.52 Å². The Morgan fingerprint density at radius 1 is 1.29 bits per heavy atom. The van der Waals surface area contributed by atoms with Crippen LogP contribution in [0.1, 0.15) is 11.3 Å². The summed E-state index contributed by atoms with van der Waals surface area (Å²) in [5.74, 6) is -0.648. The molecule has 0 bridgehead atoms. The Hall–Kier alpha value is -2.69. The van der Waals surface area contributed by atoms with E-state index in [1.165, 1.54) is 12.1 Å². The summed E-state index contributed by atoms with van der Waals surface area (Å²) in [6.07, 6.45) is 0.0764. The van der Waals surface area contributed by atoms with E-state index < -0.39 is 0 Å². The maximum Gasteiger partial charge on any atom is 0.230 e. The van der Waals surface area contributed by atoms with Crippen LogP contribution in [0, 0.1) is 12.7 Å². The van der Waals surface area contributed by atoms with E-state index in [0.717, 1.165) is 10.9 Å². The molecule has 0 aliphatic heterocycles. The number of fused-ring (bicyclic) bond motifs is 1. The first-order valence-electron chi connectivity index (χ1n) is 6.53. The summed E-state index contributed by atoms with van der Waals surface area (Å²) in [7, 11) is 0. The zero-order valence-corrected chi connectivity index (χ0v) is 11.4. The van der Waals surface area contributed by atoms with Crippen molar-refractivity contribution in [3.05, 3.63) is 59.5 Å². The van der Waals surface area contributed by atoms with Crippen LogP contribution in [-0.2, 0) is 11.2 Å². The van der Waals surface area contributed by atoms with Crippen molar-refractivity contribution in [3.8, 4) is 0 Å². The fraction of sp³-hybridized carbons (Fsp3) is 0.125. The van der Waals surface area contributed by atoms with Gasteiger partial charge in [0.2, 0.25) is 5.91 Å². The average molecular weight is 284 g/mol. The SMILES string of the molecule is Cc1ccc(F)cc1NC(=O)Cc1noc2ccccc12. The normalized spacial score (nSPS) is 10.8. The number of nitrogens with zero attached hydrogens (tertiary/aromatic N) is 1. The summed E-state index contributed by atoms with van der Waals surface area (Å²) in [5.41, 5.74) is 2.47. The van der Waals surface area contributed by atoms with Crippen LogP contribution in [0.25, 0.3) is 11.0 Å². The maximum atomic E-state index is 13.2. The number of carbonyl (C=O) groups is 1. The van der Waals surface area contributed by atoms with Gasteiger partial charge in [0.15, 0.2) is 5.58 Å². The van der Waals surface area contributed by atoms with Crippen LogP contribution < -0.4 is 5.32 Å². The summed E-state index contributed by atoms with van der Waals surface area (Å²) >= 11 is 0. The summed E-state index contributed by atoms with van der Waals surface area (Å²) in [6, 6.07) is 11.6. The molecule has 1 heterocycles. The fourth-order valence-corrected chi connectivity index (χ4v) is 2.14. The number of amides is 1. The third-order valence-corrected chi connectivity index (χ3v) is 3.25. The Morgan fingerprint density at radius 3 is 2.95 bits per heavy atom. The van der Waals surface area contributed by atoms with Crippen LogP contribution in [0.3, 0.4) is 0 Å². The predicted molar refractivity (Wildman–Crippen MR) is 77.5 cm³/mol. The van der Waals surface area contributed by atoms with E-state index in [2.05, 4.69) is 10.5 Å². The Morgan fingerprint density at radius 2 is 2.10 bits per heavy atom. The Labute approximate surface area is 120 Å². The molecule has 0 radical (unpaired) electrons. The monoisotopic (exact) mass is 284 g/mol. The van der Waals surface area contributed by atoms with E-state index in [1.54, 1.807) is 19.1 Å². The molecule has 1 amide bonds. The van der Waals surface area contributed by atoms with Crippen molar-refractivity contribution in [1.29, 1.82) is 0 Å². The number of anilines is 1. The molecule has 0 unspecified atom stereocenters. The molecular weight excluding hydrogens is 271 g/mol. The number of aromatic nitrogens is 1. The predicted octanol–water partition coefficient (Wildman–Crippen LogP) is 3.46. The first-order valence-corrected chi connectivity index (χ1v) is 6.53. The molecule has 0 fully saturated rings. The lowest BCUT2D eigenvalue weighted by Crippen LogP contribution is -2.15. The average Bonchev–Trinajstić information content (AvgIpc) is 2.86. The van der Waals surface area contributed by atoms with Gasteiger partial charge in [0.25, 0.3) is 0 Å². The molecule has 0 spiro atoms. The van der Waals surface area contributed by atoms with Gasteiger partial charge in [-0.1, -0.05) is 23.4 Å². The van der Waals surface area contributed by atoms with Gasteiger partial charge in [0.05, 0.1) is 6.42 Å². The van der Waals surface area contributed by atoms with Crippen molar-refractivity contribution < 1.29 is 13.7 Å². The number of para-hydroxylation sites is 1. The number of hydrogen-bond donors (Lipinski definition) is 1. The lowest BCUT2D eigenvalue weighted by Gasteiger charge is -2.07. The minimum absolute atomic E-state index is 0.0764. The van der Waals surface area contributed by atoms with Gasteiger partial charge in [0, 0.05) is 11.1 Å². The number of carbonyl (C=O) groups excluding carboxylic acids is 1. The number of aryl methyl sites for hydroxylation is 1. The highest BCUT2D eigenvalue weighted by molar-refractivity contribution is 5.95. The van der Waals surface area contributed by atoms with Gasteiger partial charge < -0.3 is 9.84 Å². The summed E-state index contributed by atoms with van der Waals surface area (Å²) in [4.78, 5) is 12.1. The molecule has 0 aliphatic rings. The van der Waals surface area contributed by atoms with Gasteiger partial charge in [-0.05, 0) is 36.8 Å². The topological polar surface area (TPSA) is 55.1 Å². The van der Waals surface area contributed by atoms with E-state index in [9.17, 15) is 9.18 Å². The van der Waals surface area contributed by atoms with Crippen molar-refractivity contribution in [3.63, 3.8) is 0 Å². The second-order valence-electron chi connectivity index (χ2n) is 4.81. The van der Waals surface area contributed by atoms with Gasteiger partial charge in [-0.15, -0.1) is 0 Å². The highest BCUT2D eigenvalue weighted by Crippen LogP contribution is 2.20. The standard InChI is InChI=1S/C16H13FN2O2/c1-10-6-7-11(17)8-13(10)18-16(20)9-14-12-4-2-3-5-15(12)21-19-14/h2-8H,9H2,1H3,(H,18,20). The second-order valence-corrected chi connectivity index (χ2v) is 4.81. The van der Waals surface area contributed by atoms with Crippen molar-refractivity contribution in [2.75, 3.05) is 5.32 Å². The van der Waals surface area contributed by atoms with Crippen molar-refractivity contribution in [2.24, 2.45) is 0 Å². The minimum atomic E-state index is -0.386. The van der Waals surface area contributed by atoms with Crippen LogP contribution in [0.15, 0.2) is 47.0 Å². The first kappa shape index (κ1) is 13.3. The van der Waals surface area contributed by atoms with Crippen LogP contribution in [0.5, 0.6) is 0 Å². The quantitative estimate of drug-likeness (QED) is 0.801. The van der Waals surface area contributed by atoms with Crippen molar-refractivity contribution in [1.82, 2.24) is 5.16 Å². The number of nitrogens with one attached hydrogen (secondary N) is 1. The third-order valence-electron chi connectivity index (χ3n) is 3.25. The number of rotatable bonds is 3. The van der Waals surface area contributed by atoms with Crippen LogP contribution >= 0.6 is 0 Å². The van der Waals surface area contributed by atoms with Crippen molar-refractivity contribution >= 4 is 22.6 Å². The van der Waals surface area contributed by atoms with E-state index in [-0.39, 0.29) is 18.1 Å². The molecule has 3 rings (SSSR count). The molecule has 3 aromatic rings. The third kappa shape index (κ3) is 2.76. The second kappa shape index (κ2) is 5.36. The lowest BCUT2D eigenvalue weighted by atomic mass is 10.1. The molecule has 2 aromatic carbocycles. The van der Waals surface area contributed by atoms with Crippen molar-refractivity contribution in [2.45, 2.75) is 13.3 Å². The molecular formula is C16H13FN2O2. The molecule has 21 heavy (non-hydrogen) atoms. The molecule has 1 aromatic heterocycles. The first-order chi connectivity index (χ1) is 10.1. The molecule has 0 atom stereocenters. The molecule has 106 valence electrons. The zero-order valence-electron chi connectivity index (χ0n) is 11.4. The van der Waals surface area contributed by atoms with Crippen LogP contribution in [0.4, 0.5) is 10.1 Å². The number of halogens is 1. The highest BCUT2D eigenvalue weighted by Gasteiger charge is 2.13. The molecule has 4 nitrogen and oxygen atoms in total. The molecule has 1 N–H and O–H groups in total. The van der Waals surface area contributed by atoms with Gasteiger partial charge in [-0.2, -0.15) is 0 Å². The number of hydrogen-bond acceptors (Lipinski definition) is 3. The fourth-order valence-electron chi connectivity index (χ4n) is 2.14. The molecule has 0 saturated heterocycles. The van der Waals surface area contributed by atoms with Gasteiger partial charge in [0.1, 0.15) is 11.5 Å². The van der Waals surface area contributed by atoms with E-state index in [0.29, 0.717) is 17.0 Å². The smallest absolute Gasteiger partial charge is 0.230 e. The Kier molecular flexibility index (Phi) is 3.39. The van der Waals surface area contributed by atoms with Gasteiger partial charge >= 0.3 is 0 Å². The van der Waals surface area contributed by atoms with Crippen LogP contribution in [-0.4, -0.2) is 11.1 Å². The largest absolute Gasteiger partial charge is 0.356 e. The molecule has 5 heteroatoms. The zero-order chi connectivity index (χ0) is 14.8. The summed E-state index contributed by atoms with van der Waals surface area (Å²) in [6.45, 7) is 1.81. The van der Waals surface area contributed by atoms with Gasteiger partial charge in [-0.25, -0.2) is 4.39 Å². The number of benzene rings is 2. The molecule has 0 saturated carbocycles. The van der Waals surface area contributed by atoms with E-state index >= 15 is 0 Å². The lowest BCUT2D eigenvalue weighted by molar-refractivity contribution is -0.115. The Balaban J connectivity index is 1.79. The van der Waals surface area contributed by atoms with E-state index in [1.807, 2.05) is 18.2 Å². The summed E-state index contributed by atoms with van der Waals surface area (Å²) < 4.78 is 18.4. The highest BCUT2D eigenvalue weighted by atomic mass is 19.1. The summed E-state index contributed by atoms with van der Waals surface area (Å²) in [5, 5.41) is 7.41. The molecule has 0 aliphatic carbocycles. The maximum absolute atomic E-state index is 13.2.